The van der Waals surface area contributed by atoms with E-state index < -0.39 is 36.5 Å². The second-order valence-corrected chi connectivity index (χ2v) is 7.04. The molecule has 152 valence electrons. The summed E-state index contributed by atoms with van der Waals surface area (Å²) in [5.41, 5.74) is 0. The molecule has 0 aliphatic carbocycles. The van der Waals surface area contributed by atoms with E-state index in [1.54, 1.807) is 4.90 Å². The first-order valence-corrected chi connectivity index (χ1v) is 9.18. The molecule has 0 radical (unpaired) electrons. The second-order valence-electron chi connectivity index (χ2n) is 7.04. The Morgan fingerprint density at radius 1 is 1.11 bits per heavy atom. The van der Waals surface area contributed by atoms with Crippen molar-refractivity contribution in [1.29, 1.82) is 0 Å². The van der Waals surface area contributed by atoms with Crippen LogP contribution in [0.25, 0.3) is 0 Å². The van der Waals surface area contributed by atoms with Crippen molar-refractivity contribution in [3.63, 3.8) is 0 Å². The third kappa shape index (κ3) is 5.62. The molecule has 2 N–H and O–H groups in total. The van der Waals surface area contributed by atoms with E-state index >= 15 is 0 Å². The molecule has 2 rings (SSSR count). The SMILES string of the molecule is CN1CCN(C(=O)CC(NC(=O)C2CCCCN2C(=O)O)C(=O)CF)CC1. The zero-order chi connectivity index (χ0) is 20.0. The summed E-state index contributed by atoms with van der Waals surface area (Å²) in [4.78, 5) is 52.9. The Bertz CT molecular complexity index is 580. The Morgan fingerprint density at radius 2 is 1.78 bits per heavy atom. The summed E-state index contributed by atoms with van der Waals surface area (Å²) in [6.07, 6.45) is 0.144. The maximum atomic E-state index is 12.9. The van der Waals surface area contributed by atoms with Crippen molar-refractivity contribution in [2.24, 2.45) is 0 Å². The van der Waals surface area contributed by atoms with Gasteiger partial charge >= 0.3 is 6.09 Å². The maximum Gasteiger partial charge on any atom is 0.407 e. The van der Waals surface area contributed by atoms with E-state index in [0.717, 1.165) is 4.90 Å². The molecule has 0 bridgehead atoms. The van der Waals surface area contributed by atoms with Crippen LogP contribution in [-0.4, -0.2) is 102 Å². The minimum Gasteiger partial charge on any atom is -0.465 e. The highest BCUT2D eigenvalue weighted by molar-refractivity contribution is 5.95. The van der Waals surface area contributed by atoms with Gasteiger partial charge in [-0.2, -0.15) is 0 Å². The molecule has 10 heteroatoms. The second kappa shape index (κ2) is 9.63. The molecule has 27 heavy (non-hydrogen) atoms. The molecule has 2 aliphatic heterocycles. The van der Waals surface area contributed by atoms with Crippen LogP contribution in [0.1, 0.15) is 25.7 Å². The summed E-state index contributed by atoms with van der Waals surface area (Å²) in [5.74, 6) is -1.87. The lowest BCUT2D eigenvalue weighted by atomic mass is 10.0. The predicted octanol–water partition coefficient (Wildman–Crippen LogP) is -0.294. The van der Waals surface area contributed by atoms with Crippen molar-refractivity contribution < 1.29 is 28.7 Å². The monoisotopic (exact) mass is 386 g/mol. The van der Waals surface area contributed by atoms with Crippen LogP contribution in [0.4, 0.5) is 9.18 Å². The number of Topliss-reactive ketones (excluding diaryl/α,β-unsaturated/α-hetero) is 1. The summed E-state index contributed by atoms with van der Waals surface area (Å²) in [5, 5.41) is 11.6. The van der Waals surface area contributed by atoms with Crippen molar-refractivity contribution in [3.8, 4) is 0 Å². The van der Waals surface area contributed by atoms with Gasteiger partial charge in [0.25, 0.3) is 0 Å². The number of likely N-dealkylation sites (N-methyl/N-ethyl adjacent to an activating group) is 1. The van der Waals surface area contributed by atoms with E-state index in [9.17, 15) is 28.7 Å². The molecule has 0 aromatic heterocycles. The van der Waals surface area contributed by atoms with Crippen molar-refractivity contribution in [2.45, 2.75) is 37.8 Å². The van der Waals surface area contributed by atoms with Gasteiger partial charge in [0.1, 0.15) is 12.7 Å². The smallest absolute Gasteiger partial charge is 0.407 e. The van der Waals surface area contributed by atoms with Crippen LogP contribution < -0.4 is 5.32 Å². The highest BCUT2D eigenvalue weighted by Gasteiger charge is 2.35. The number of amides is 3. The van der Waals surface area contributed by atoms with Gasteiger partial charge in [0.2, 0.25) is 11.8 Å². The molecule has 2 fully saturated rings. The number of piperidine rings is 1. The van der Waals surface area contributed by atoms with Gasteiger partial charge in [-0.1, -0.05) is 0 Å². The van der Waals surface area contributed by atoms with Crippen LogP contribution >= 0.6 is 0 Å². The highest BCUT2D eigenvalue weighted by Crippen LogP contribution is 2.18. The van der Waals surface area contributed by atoms with Crippen LogP contribution in [0, 0.1) is 0 Å². The number of hydrogen-bond acceptors (Lipinski definition) is 5. The molecule has 3 amide bonds. The quantitative estimate of drug-likeness (QED) is 0.649. The fraction of sp³-hybridized carbons (Fsp3) is 0.765. The van der Waals surface area contributed by atoms with E-state index in [2.05, 4.69) is 10.2 Å². The molecule has 2 heterocycles. The van der Waals surface area contributed by atoms with Crippen molar-refractivity contribution in [3.05, 3.63) is 0 Å². The number of nitrogens with zero attached hydrogens (tertiary/aromatic N) is 3. The first-order chi connectivity index (χ1) is 12.8. The Hall–Kier alpha value is -2.23. The van der Waals surface area contributed by atoms with Gasteiger partial charge < -0.3 is 20.2 Å². The average Bonchev–Trinajstić information content (AvgIpc) is 2.67. The number of carbonyl (C=O) groups excluding carboxylic acids is 3. The molecule has 0 saturated carbocycles. The number of hydrogen-bond donors (Lipinski definition) is 2. The largest absolute Gasteiger partial charge is 0.465 e. The van der Waals surface area contributed by atoms with Crippen molar-refractivity contribution >= 4 is 23.7 Å². The lowest BCUT2D eigenvalue weighted by Gasteiger charge is -2.34. The Labute approximate surface area is 157 Å². The summed E-state index contributed by atoms with van der Waals surface area (Å²) >= 11 is 0. The molecule has 0 aromatic carbocycles. The topological polar surface area (TPSA) is 110 Å². The van der Waals surface area contributed by atoms with Crippen molar-refractivity contribution in [1.82, 2.24) is 20.0 Å². The lowest BCUT2D eigenvalue weighted by molar-refractivity contribution is -0.137. The van der Waals surface area contributed by atoms with Gasteiger partial charge in [-0.15, -0.1) is 0 Å². The molecule has 0 spiro atoms. The number of halogens is 1. The van der Waals surface area contributed by atoms with Gasteiger partial charge in [-0.3, -0.25) is 19.3 Å². The zero-order valence-electron chi connectivity index (χ0n) is 15.5. The molecule has 0 aromatic rings. The van der Waals surface area contributed by atoms with Crippen LogP contribution in [0.15, 0.2) is 0 Å². The first-order valence-electron chi connectivity index (χ1n) is 9.18. The Balaban J connectivity index is 2.00. The molecular weight excluding hydrogens is 359 g/mol. The Kier molecular flexibility index (Phi) is 7.52. The van der Waals surface area contributed by atoms with Gasteiger partial charge in [-0.25, -0.2) is 9.18 Å². The number of ketones is 1. The first kappa shape index (κ1) is 21.1. The van der Waals surface area contributed by atoms with Gasteiger partial charge in [0.15, 0.2) is 5.78 Å². The fourth-order valence-corrected chi connectivity index (χ4v) is 3.40. The number of likely N-dealkylation sites (tertiary alicyclic amines) is 1. The molecule has 2 unspecified atom stereocenters. The summed E-state index contributed by atoms with van der Waals surface area (Å²) in [7, 11) is 1.94. The number of piperazine rings is 1. The van der Waals surface area contributed by atoms with Crippen LogP contribution in [0.2, 0.25) is 0 Å². The van der Waals surface area contributed by atoms with Crippen LogP contribution in [-0.2, 0) is 14.4 Å². The third-order valence-electron chi connectivity index (χ3n) is 5.12. The molecule has 9 nitrogen and oxygen atoms in total. The Morgan fingerprint density at radius 3 is 2.37 bits per heavy atom. The van der Waals surface area contributed by atoms with Crippen LogP contribution in [0.5, 0.6) is 0 Å². The third-order valence-corrected chi connectivity index (χ3v) is 5.12. The van der Waals surface area contributed by atoms with E-state index in [1.807, 2.05) is 7.05 Å². The van der Waals surface area contributed by atoms with Crippen LogP contribution in [0.3, 0.4) is 0 Å². The predicted molar refractivity (Wildman–Crippen MR) is 94.0 cm³/mol. The molecular formula is C17H27FN4O5. The minimum absolute atomic E-state index is 0.232. The maximum absolute atomic E-state index is 12.9. The number of alkyl halides is 1. The number of rotatable bonds is 6. The van der Waals surface area contributed by atoms with Crippen molar-refractivity contribution in [2.75, 3.05) is 46.4 Å². The number of nitrogens with one attached hydrogen (secondary N) is 1. The number of carboxylic acid groups (broad SMARTS) is 1. The summed E-state index contributed by atoms with van der Waals surface area (Å²) < 4.78 is 12.9. The minimum atomic E-state index is -1.30. The van der Waals surface area contributed by atoms with E-state index in [-0.39, 0.29) is 18.9 Å². The zero-order valence-corrected chi connectivity index (χ0v) is 15.5. The van der Waals surface area contributed by atoms with Gasteiger partial charge in [0, 0.05) is 32.7 Å². The fourth-order valence-electron chi connectivity index (χ4n) is 3.40. The molecule has 2 atom stereocenters. The normalized spacial score (nSPS) is 22.2. The lowest BCUT2D eigenvalue weighted by Crippen LogP contribution is -2.56. The van der Waals surface area contributed by atoms with Gasteiger partial charge in [-0.05, 0) is 26.3 Å². The molecule has 2 saturated heterocycles. The highest BCUT2D eigenvalue weighted by atomic mass is 19.1. The summed E-state index contributed by atoms with van der Waals surface area (Å²) in [6, 6.07) is -2.21. The number of carbonyl (C=O) groups is 4. The molecule has 2 aliphatic rings. The summed E-state index contributed by atoms with van der Waals surface area (Å²) in [6.45, 7) is 1.36. The standard InChI is InChI=1S/C17H27FN4O5/c1-20-6-8-21(9-7-20)15(24)10-12(14(23)11-18)19-16(25)13-4-2-3-5-22(13)17(26)27/h12-13H,2-11H2,1H3,(H,19,25)(H,26,27). The average molecular weight is 386 g/mol. The van der Waals surface area contributed by atoms with Gasteiger partial charge in [0.05, 0.1) is 12.5 Å². The van der Waals surface area contributed by atoms with E-state index in [0.29, 0.717) is 45.4 Å². The van der Waals surface area contributed by atoms with E-state index in [1.165, 1.54) is 0 Å². The van der Waals surface area contributed by atoms with E-state index in [4.69, 9.17) is 0 Å².